The largest absolute Gasteiger partial charge is 0.370 e. The number of anilines is 1. The fourth-order valence-corrected chi connectivity index (χ4v) is 2.50. The summed E-state index contributed by atoms with van der Waals surface area (Å²) in [5.41, 5.74) is 1.71. The van der Waals surface area contributed by atoms with Crippen molar-refractivity contribution in [3.05, 3.63) is 23.4 Å². The van der Waals surface area contributed by atoms with E-state index in [9.17, 15) is 4.79 Å². The van der Waals surface area contributed by atoms with Crippen molar-refractivity contribution < 1.29 is 4.79 Å². The van der Waals surface area contributed by atoms with Crippen molar-refractivity contribution in [2.24, 2.45) is 5.92 Å². The zero-order valence-corrected chi connectivity index (χ0v) is 12.7. The Morgan fingerprint density at radius 3 is 2.75 bits per heavy atom. The van der Waals surface area contributed by atoms with Crippen molar-refractivity contribution in [1.29, 1.82) is 0 Å². The zero-order chi connectivity index (χ0) is 14.5. The third kappa shape index (κ3) is 3.71. The van der Waals surface area contributed by atoms with Crippen LogP contribution < -0.4 is 10.6 Å². The van der Waals surface area contributed by atoms with Gasteiger partial charge in [-0.1, -0.05) is 26.7 Å². The van der Waals surface area contributed by atoms with Crippen LogP contribution in [0.15, 0.2) is 12.1 Å². The lowest BCUT2D eigenvalue weighted by atomic mass is 10.1. The van der Waals surface area contributed by atoms with E-state index in [0.29, 0.717) is 12.0 Å². The van der Waals surface area contributed by atoms with Crippen molar-refractivity contribution in [3.8, 4) is 0 Å². The van der Waals surface area contributed by atoms with Crippen LogP contribution in [0.3, 0.4) is 0 Å². The van der Waals surface area contributed by atoms with Crippen LogP contribution in [0, 0.1) is 5.92 Å². The van der Waals surface area contributed by atoms with Gasteiger partial charge < -0.3 is 10.6 Å². The molecule has 1 fully saturated rings. The van der Waals surface area contributed by atoms with Crippen LogP contribution in [-0.4, -0.2) is 23.5 Å². The first-order chi connectivity index (χ1) is 9.67. The van der Waals surface area contributed by atoms with Gasteiger partial charge in [-0.2, -0.15) is 0 Å². The fraction of sp³-hybridized carbons (Fsp3) is 0.625. The van der Waals surface area contributed by atoms with E-state index in [0.717, 1.165) is 49.3 Å². The molecule has 1 saturated carbocycles. The summed E-state index contributed by atoms with van der Waals surface area (Å²) in [7, 11) is 0. The molecule has 2 atom stereocenters. The van der Waals surface area contributed by atoms with Crippen molar-refractivity contribution in [1.82, 2.24) is 10.3 Å². The smallest absolute Gasteiger partial charge is 0.251 e. The second-order valence-corrected chi connectivity index (χ2v) is 5.50. The standard InChI is InChI=1S/C16H25N3O/c1-4-7-13-8-12(10-15(18-13)17-6-3)16(20)19-14-9-11(14)5-2/h8,10-11,14H,4-7,9H2,1-3H3,(H,17,18)(H,19,20). The molecular formula is C16H25N3O. The number of aryl methyl sites for hydroxylation is 1. The minimum Gasteiger partial charge on any atom is -0.370 e. The highest BCUT2D eigenvalue weighted by atomic mass is 16.1. The van der Waals surface area contributed by atoms with Crippen LogP contribution in [0.25, 0.3) is 0 Å². The number of nitrogens with zero attached hydrogens (tertiary/aromatic N) is 1. The lowest BCUT2D eigenvalue weighted by Crippen LogP contribution is -2.27. The Morgan fingerprint density at radius 1 is 1.35 bits per heavy atom. The summed E-state index contributed by atoms with van der Waals surface area (Å²) in [4.78, 5) is 16.8. The van der Waals surface area contributed by atoms with Crippen LogP contribution in [0.4, 0.5) is 5.82 Å². The average Bonchev–Trinajstić information content (AvgIpc) is 3.17. The highest BCUT2D eigenvalue weighted by Gasteiger charge is 2.36. The highest BCUT2D eigenvalue weighted by Crippen LogP contribution is 2.33. The Labute approximate surface area is 121 Å². The Bertz CT molecular complexity index is 449. The summed E-state index contributed by atoms with van der Waals surface area (Å²) in [5, 5.41) is 6.31. The summed E-state index contributed by atoms with van der Waals surface area (Å²) in [6.45, 7) is 7.14. The maximum atomic E-state index is 12.3. The predicted octanol–water partition coefficient (Wildman–Crippen LogP) is 2.99. The number of rotatable bonds is 7. The van der Waals surface area contributed by atoms with Crippen LogP contribution in [0.5, 0.6) is 0 Å². The Hall–Kier alpha value is -1.58. The van der Waals surface area contributed by atoms with Gasteiger partial charge in [0.1, 0.15) is 5.82 Å². The SMILES string of the molecule is CCCc1cc(C(=O)NC2CC2CC)cc(NCC)n1. The van der Waals surface area contributed by atoms with Crippen molar-refractivity contribution >= 4 is 11.7 Å². The van der Waals surface area contributed by atoms with E-state index in [2.05, 4.69) is 29.5 Å². The van der Waals surface area contributed by atoms with Gasteiger partial charge in [0.25, 0.3) is 5.91 Å². The van der Waals surface area contributed by atoms with Crippen molar-refractivity contribution in [2.45, 2.75) is 52.5 Å². The zero-order valence-electron chi connectivity index (χ0n) is 12.7. The highest BCUT2D eigenvalue weighted by molar-refractivity contribution is 5.95. The van der Waals surface area contributed by atoms with Gasteiger partial charge in [-0.25, -0.2) is 4.98 Å². The summed E-state index contributed by atoms with van der Waals surface area (Å²) in [6.07, 6.45) is 4.20. The molecule has 1 aromatic rings. The molecule has 1 aliphatic rings. The Balaban J connectivity index is 2.10. The lowest BCUT2D eigenvalue weighted by molar-refractivity contribution is 0.0949. The predicted molar refractivity (Wildman–Crippen MR) is 82.0 cm³/mol. The maximum absolute atomic E-state index is 12.3. The van der Waals surface area contributed by atoms with E-state index in [4.69, 9.17) is 0 Å². The first-order valence-corrected chi connectivity index (χ1v) is 7.73. The molecule has 4 nitrogen and oxygen atoms in total. The number of carbonyl (C=O) groups is 1. The van der Waals surface area contributed by atoms with Gasteiger partial charge in [0.15, 0.2) is 0 Å². The first kappa shape index (κ1) is 14.8. The number of carbonyl (C=O) groups excluding carboxylic acids is 1. The van der Waals surface area contributed by atoms with Crippen LogP contribution in [0.1, 0.15) is 56.1 Å². The third-order valence-electron chi connectivity index (χ3n) is 3.77. The Morgan fingerprint density at radius 2 is 2.15 bits per heavy atom. The van der Waals surface area contributed by atoms with Gasteiger partial charge in [-0.15, -0.1) is 0 Å². The quantitative estimate of drug-likeness (QED) is 0.804. The molecule has 2 rings (SSSR count). The number of hydrogen-bond donors (Lipinski definition) is 2. The van der Waals surface area contributed by atoms with Gasteiger partial charge >= 0.3 is 0 Å². The van der Waals surface area contributed by atoms with Gasteiger partial charge in [-0.05, 0) is 37.8 Å². The minimum atomic E-state index is 0.0323. The van der Waals surface area contributed by atoms with E-state index in [1.54, 1.807) is 0 Å². The molecule has 1 amide bonds. The summed E-state index contributed by atoms with van der Waals surface area (Å²) >= 11 is 0. The number of pyridine rings is 1. The molecule has 2 unspecified atom stereocenters. The summed E-state index contributed by atoms with van der Waals surface area (Å²) in [5.74, 6) is 1.50. The number of hydrogen-bond acceptors (Lipinski definition) is 3. The molecule has 0 radical (unpaired) electrons. The minimum absolute atomic E-state index is 0.0323. The van der Waals surface area contributed by atoms with E-state index in [1.807, 2.05) is 19.1 Å². The maximum Gasteiger partial charge on any atom is 0.251 e. The normalized spacial score (nSPS) is 20.6. The van der Waals surface area contributed by atoms with E-state index in [1.165, 1.54) is 0 Å². The second-order valence-electron chi connectivity index (χ2n) is 5.50. The molecule has 1 heterocycles. The number of amides is 1. The number of aromatic nitrogens is 1. The molecule has 0 saturated heterocycles. The molecule has 20 heavy (non-hydrogen) atoms. The molecule has 1 aliphatic carbocycles. The molecule has 0 spiro atoms. The molecule has 0 aromatic carbocycles. The van der Waals surface area contributed by atoms with Gasteiger partial charge in [0, 0.05) is 23.8 Å². The fourth-order valence-electron chi connectivity index (χ4n) is 2.50. The molecule has 0 aliphatic heterocycles. The Kier molecular flexibility index (Phi) is 4.99. The summed E-state index contributed by atoms with van der Waals surface area (Å²) < 4.78 is 0. The third-order valence-corrected chi connectivity index (χ3v) is 3.77. The molecular weight excluding hydrogens is 250 g/mol. The van der Waals surface area contributed by atoms with Gasteiger partial charge in [0.05, 0.1) is 0 Å². The first-order valence-electron chi connectivity index (χ1n) is 7.73. The molecule has 4 heteroatoms. The molecule has 1 aromatic heterocycles. The topological polar surface area (TPSA) is 54.0 Å². The van der Waals surface area contributed by atoms with Crippen molar-refractivity contribution in [3.63, 3.8) is 0 Å². The van der Waals surface area contributed by atoms with E-state index in [-0.39, 0.29) is 5.91 Å². The molecule has 2 N–H and O–H groups in total. The van der Waals surface area contributed by atoms with Crippen molar-refractivity contribution in [2.75, 3.05) is 11.9 Å². The van der Waals surface area contributed by atoms with Gasteiger partial charge in [-0.3, -0.25) is 4.79 Å². The lowest BCUT2D eigenvalue weighted by Gasteiger charge is -2.10. The molecule has 0 bridgehead atoms. The number of nitrogens with one attached hydrogen (secondary N) is 2. The van der Waals surface area contributed by atoms with Crippen LogP contribution in [-0.2, 0) is 6.42 Å². The average molecular weight is 275 g/mol. The molecule has 110 valence electrons. The van der Waals surface area contributed by atoms with Gasteiger partial charge in [0.2, 0.25) is 0 Å². The van der Waals surface area contributed by atoms with Crippen LogP contribution >= 0.6 is 0 Å². The van der Waals surface area contributed by atoms with Crippen LogP contribution in [0.2, 0.25) is 0 Å². The van der Waals surface area contributed by atoms with E-state index >= 15 is 0 Å². The van der Waals surface area contributed by atoms with E-state index < -0.39 is 0 Å². The summed E-state index contributed by atoms with van der Waals surface area (Å²) in [6, 6.07) is 4.14. The monoisotopic (exact) mass is 275 g/mol. The second kappa shape index (κ2) is 6.73.